The van der Waals surface area contributed by atoms with Crippen molar-refractivity contribution in [2.75, 3.05) is 25.9 Å². The molecule has 9 heteroatoms. The van der Waals surface area contributed by atoms with Crippen molar-refractivity contribution < 1.29 is 24.0 Å². The first-order valence-corrected chi connectivity index (χ1v) is 12.7. The number of carbonyl (C=O) groups excluding carboxylic acids is 5. The molecule has 2 fully saturated rings. The number of carbonyl (C=O) groups is 5. The van der Waals surface area contributed by atoms with Crippen LogP contribution in [0.4, 0.5) is 0 Å². The molecule has 2 unspecified atom stereocenters. The number of Topliss-reactive ketones (excluding diaryl/α,β-unsaturated/α-hetero) is 2. The van der Waals surface area contributed by atoms with E-state index in [1.807, 2.05) is 0 Å². The van der Waals surface area contributed by atoms with Crippen LogP contribution in [0.1, 0.15) is 65.2 Å². The Kier molecular flexibility index (Phi) is 10.8. The van der Waals surface area contributed by atoms with Gasteiger partial charge in [-0.25, -0.2) is 0 Å². The van der Waals surface area contributed by atoms with Gasteiger partial charge in [0, 0.05) is 25.4 Å². The van der Waals surface area contributed by atoms with Crippen LogP contribution in [0.2, 0.25) is 0 Å². The summed E-state index contributed by atoms with van der Waals surface area (Å²) in [6.45, 7) is 4.15. The first-order chi connectivity index (χ1) is 15.2. The molecule has 0 aromatic heterocycles. The maximum Gasteiger partial charge on any atom is 0.242 e. The maximum atomic E-state index is 12.7. The van der Waals surface area contributed by atoms with Crippen LogP contribution >= 0.6 is 11.8 Å². The van der Waals surface area contributed by atoms with Crippen LogP contribution in [-0.2, 0) is 24.0 Å². The molecule has 1 aliphatic heterocycles. The summed E-state index contributed by atoms with van der Waals surface area (Å²) >= 11 is 1.23. The Morgan fingerprint density at radius 1 is 1.09 bits per heavy atom. The number of thioether (sulfide) groups is 1. The minimum atomic E-state index is -0.492. The Bertz CT molecular complexity index is 706. The summed E-state index contributed by atoms with van der Waals surface area (Å²) < 4.78 is 0. The van der Waals surface area contributed by atoms with Gasteiger partial charge >= 0.3 is 0 Å². The van der Waals surface area contributed by atoms with Crippen molar-refractivity contribution in [2.45, 2.75) is 76.5 Å². The average molecular weight is 468 g/mol. The Labute approximate surface area is 195 Å². The Balaban J connectivity index is 1.65. The zero-order chi connectivity index (χ0) is 23.7. The molecule has 0 bridgehead atoms. The van der Waals surface area contributed by atoms with E-state index in [2.05, 4.69) is 10.6 Å². The summed E-state index contributed by atoms with van der Waals surface area (Å²) in [5.74, 6) is 0.371. The van der Waals surface area contributed by atoms with Crippen LogP contribution < -0.4 is 10.6 Å². The third-order valence-electron chi connectivity index (χ3n) is 6.56. The topological polar surface area (TPSA) is 113 Å². The highest BCUT2D eigenvalue weighted by molar-refractivity contribution is 8.01. The lowest BCUT2D eigenvalue weighted by atomic mass is 9.80. The van der Waals surface area contributed by atoms with Crippen LogP contribution in [0, 0.1) is 11.8 Å². The van der Waals surface area contributed by atoms with Crippen LogP contribution in [0.3, 0.4) is 0 Å². The first-order valence-electron chi connectivity index (χ1n) is 11.6. The van der Waals surface area contributed by atoms with E-state index in [4.69, 9.17) is 0 Å². The fraction of sp³-hybridized carbons (Fsp3) is 0.783. The smallest absolute Gasteiger partial charge is 0.242 e. The number of hydrogen-bond acceptors (Lipinski definition) is 7. The fourth-order valence-electron chi connectivity index (χ4n) is 4.46. The highest BCUT2D eigenvalue weighted by Crippen LogP contribution is 2.32. The van der Waals surface area contributed by atoms with Crippen LogP contribution in [0.5, 0.6) is 0 Å². The Hall–Kier alpha value is -1.74. The van der Waals surface area contributed by atoms with Gasteiger partial charge in [0.05, 0.1) is 17.0 Å². The molecule has 180 valence electrons. The summed E-state index contributed by atoms with van der Waals surface area (Å²) in [4.78, 5) is 61.4. The van der Waals surface area contributed by atoms with Gasteiger partial charge in [0.15, 0.2) is 0 Å². The van der Waals surface area contributed by atoms with E-state index in [0.717, 1.165) is 44.9 Å². The van der Waals surface area contributed by atoms with Gasteiger partial charge in [0.25, 0.3) is 0 Å². The second-order valence-electron chi connectivity index (χ2n) is 8.97. The van der Waals surface area contributed by atoms with Crippen LogP contribution in [-0.4, -0.2) is 71.4 Å². The van der Waals surface area contributed by atoms with Crippen molar-refractivity contribution in [1.29, 1.82) is 0 Å². The second kappa shape index (κ2) is 13.1. The minimum absolute atomic E-state index is 0.112. The zero-order valence-electron chi connectivity index (χ0n) is 19.5. The standard InChI is InChI=1S/C23H37N3O5S/c1-15(27)18-9-7-17(8-10-18)13-26-22(30)12-20(23(26)31)32-14-21(29)25-11-5-4-6-19(24-3)16(2)28/h17-20,24H,4-14H2,1-3H3,(H,25,29). The predicted octanol–water partition coefficient (Wildman–Crippen LogP) is 1.71. The molecule has 0 spiro atoms. The molecule has 0 aromatic rings. The van der Waals surface area contributed by atoms with Gasteiger partial charge in [-0.1, -0.05) is 0 Å². The van der Waals surface area contributed by atoms with E-state index >= 15 is 0 Å². The number of hydrogen-bond donors (Lipinski definition) is 2. The maximum absolute atomic E-state index is 12.7. The number of imide groups is 1. The van der Waals surface area contributed by atoms with E-state index in [-0.39, 0.29) is 59.3 Å². The van der Waals surface area contributed by atoms with Gasteiger partial charge in [0.1, 0.15) is 11.6 Å². The Morgan fingerprint density at radius 3 is 2.38 bits per heavy atom. The molecular formula is C23H37N3O5S. The molecule has 2 rings (SSSR count). The van der Waals surface area contributed by atoms with Crippen molar-refractivity contribution in [3.05, 3.63) is 0 Å². The van der Waals surface area contributed by atoms with Gasteiger partial charge in [-0.3, -0.25) is 28.9 Å². The van der Waals surface area contributed by atoms with E-state index in [1.165, 1.54) is 16.7 Å². The zero-order valence-corrected chi connectivity index (χ0v) is 20.3. The van der Waals surface area contributed by atoms with Crippen molar-refractivity contribution in [2.24, 2.45) is 11.8 Å². The first kappa shape index (κ1) is 26.5. The lowest BCUT2D eigenvalue weighted by Crippen LogP contribution is -2.37. The number of likely N-dealkylation sites (tertiary alicyclic amines) is 1. The quantitative estimate of drug-likeness (QED) is 0.313. The molecule has 8 nitrogen and oxygen atoms in total. The molecule has 2 N–H and O–H groups in total. The van der Waals surface area contributed by atoms with E-state index in [9.17, 15) is 24.0 Å². The largest absolute Gasteiger partial charge is 0.355 e. The summed E-state index contributed by atoms with van der Waals surface area (Å²) in [6.07, 6.45) is 5.89. The Morgan fingerprint density at radius 2 is 1.78 bits per heavy atom. The monoisotopic (exact) mass is 467 g/mol. The molecule has 3 amide bonds. The van der Waals surface area contributed by atoms with Crippen LogP contribution in [0.25, 0.3) is 0 Å². The van der Waals surface area contributed by atoms with Crippen molar-refractivity contribution in [3.8, 4) is 0 Å². The average Bonchev–Trinajstić information content (AvgIpc) is 3.02. The number of nitrogens with zero attached hydrogens (tertiary/aromatic N) is 1. The molecule has 0 aromatic carbocycles. The van der Waals surface area contributed by atoms with Crippen molar-refractivity contribution >= 4 is 41.0 Å². The lowest BCUT2D eigenvalue weighted by Gasteiger charge is -2.29. The summed E-state index contributed by atoms with van der Waals surface area (Å²) in [7, 11) is 1.76. The second-order valence-corrected chi connectivity index (χ2v) is 10.2. The number of nitrogens with one attached hydrogen (secondary N) is 2. The molecule has 1 saturated carbocycles. The third kappa shape index (κ3) is 7.99. The summed E-state index contributed by atoms with van der Waals surface area (Å²) in [6, 6.07) is -0.140. The van der Waals surface area contributed by atoms with Gasteiger partial charge < -0.3 is 10.6 Å². The van der Waals surface area contributed by atoms with Crippen molar-refractivity contribution in [3.63, 3.8) is 0 Å². The molecule has 0 radical (unpaired) electrons. The van der Waals surface area contributed by atoms with Gasteiger partial charge in [0.2, 0.25) is 17.7 Å². The number of ketones is 2. The third-order valence-corrected chi connectivity index (χ3v) is 7.76. The van der Waals surface area contributed by atoms with Crippen molar-refractivity contribution in [1.82, 2.24) is 15.5 Å². The molecule has 2 aliphatic rings. The summed E-state index contributed by atoms with van der Waals surface area (Å²) in [5.41, 5.74) is 0. The molecular weight excluding hydrogens is 430 g/mol. The normalized spacial score (nSPS) is 24.5. The fourth-order valence-corrected chi connectivity index (χ4v) is 5.45. The van der Waals surface area contributed by atoms with Crippen LogP contribution in [0.15, 0.2) is 0 Å². The number of likely N-dealkylation sites (N-methyl/N-ethyl adjacent to an activating group) is 1. The number of rotatable bonds is 13. The molecule has 2 atom stereocenters. The highest BCUT2D eigenvalue weighted by atomic mass is 32.2. The minimum Gasteiger partial charge on any atom is -0.355 e. The highest BCUT2D eigenvalue weighted by Gasteiger charge is 2.40. The van der Waals surface area contributed by atoms with E-state index < -0.39 is 5.25 Å². The lowest BCUT2D eigenvalue weighted by molar-refractivity contribution is -0.139. The number of unbranched alkanes of at least 4 members (excludes halogenated alkanes) is 1. The van der Waals surface area contributed by atoms with Gasteiger partial charge in [-0.15, -0.1) is 11.8 Å². The molecule has 1 saturated heterocycles. The van der Waals surface area contributed by atoms with Gasteiger partial charge in [-0.2, -0.15) is 0 Å². The molecule has 1 heterocycles. The van der Waals surface area contributed by atoms with E-state index in [0.29, 0.717) is 13.1 Å². The molecule has 1 aliphatic carbocycles. The number of amides is 3. The SMILES string of the molecule is CNC(CCCCNC(=O)CSC1CC(=O)N(CC2CCC(C(C)=O)CC2)C1=O)C(C)=O. The van der Waals surface area contributed by atoms with E-state index in [1.54, 1.807) is 20.9 Å². The predicted molar refractivity (Wildman–Crippen MR) is 124 cm³/mol. The summed E-state index contributed by atoms with van der Waals surface area (Å²) in [5, 5.41) is 5.33. The van der Waals surface area contributed by atoms with Gasteiger partial charge in [-0.05, 0) is 71.8 Å². The molecule has 32 heavy (non-hydrogen) atoms.